The van der Waals surface area contributed by atoms with Gasteiger partial charge in [0.05, 0.1) is 6.61 Å². The number of allylic oxidation sites excluding steroid dienone is 1. The fourth-order valence-corrected chi connectivity index (χ4v) is 2.91. The molecule has 1 aliphatic heterocycles. The molecule has 23 heavy (non-hydrogen) atoms. The smallest absolute Gasteiger partial charge is 0.714 e. The number of hydrogen-bond acceptors (Lipinski definition) is 11. The standard InChI is InChI=1S/C10H17NO9S2.K/c1-2-3-6(11-20-22(16,17)18)21-10-9(15)8(14)7(13)5(4-12)19-10;/h2,5,7-10,12-15H,1,3-4H2,(H,16,17,18);/q;+1/p-1/b11-6-;/t5?,7-,8-,9?,10-;/m0./s1. The van der Waals surface area contributed by atoms with Crippen LogP contribution >= 0.6 is 11.8 Å². The molecule has 13 heteroatoms. The molecule has 128 valence electrons. The van der Waals surface area contributed by atoms with Crippen molar-refractivity contribution in [3.8, 4) is 0 Å². The van der Waals surface area contributed by atoms with Gasteiger partial charge in [0.15, 0.2) is 0 Å². The van der Waals surface area contributed by atoms with Crippen LogP contribution in [0.25, 0.3) is 0 Å². The molecule has 0 spiro atoms. The third-order valence-corrected chi connectivity index (χ3v) is 4.04. The summed E-state index contributed by atoms with van der Waals surface area (Å²) in [4.78, 5) is 0. The first-order valence-electron chi connectivity index (χ1n) is 5.99. The second-order valence-electron chi connectivity index (χ2n) is 4.28. The van der Waals surface area contributed by atoms with Crippen LogP contribution in [0.5, 0.6) is 0 Å². The first-order valence-corrected chi connectivity index (χ1v) is 8.20. The van der Waals surface area contributed by atoms with Crippen molar-refractivity contribution >= 4 is 27.2 Å². The molecular formula is C10H16KNO9S2. The van der Waals surface area contributed by atoms with Crippen LogP contribution in [-0.4, -0.2) is 74.9 Å². The maximum Gasteiger partial charge on any atom is 1.00 e. The Hall–Kier alpha value is 0.906. The van der Waals surface area contributed by atoms with E-state index < -0.39 is 46.9 Å². The van der Waals surface area contributed by atoms with E-state index in [0.717, 1.165) is 0 Å². The van der Waals surface area contributed by atoms with E-state index in [0.29, 0.717) is 11.8 Å². The number of thioether (sulfide) groups is 1. The molecule has 1 rings (SSSR count). The summed E-state index contributed by atoms with van der Waals surface area (Å²) in [6.45, 7) is 2.80. The maximum atomic E-state index is 10.4. The van der Waals surface area contributed by atoms with Gasteiger partial charge in [0.2, 0.25) is 0 Å². The Balaban J connectivity index is 0.00000484. The fraction of sp³-hybridized carbons (Fsp3) is 0.700. The Morgan fingerprint density at radius 1 is 1.35 bits per heavy atom. The van der Waals surface area contributed by atoms with Gasteiger partial charge in [0.25, 0.3) is 10.4 Å². The largest absolute Gasteiger partial charge is 1.00 e. The third-order valence-electron chi connectivity index (χ3n) is 2.65. The van der Waals surface area contributed by atoms with E-state index >= 15 is 0 Å². The van der Waals surface area contributed by atoms with E-state index in [1.807, 2.05) is 0 Å². The molecule has 1 aliphatic rings. The van der Waals surface area contributed by atoms with Gasteiger partial charge in [-0.15, -0.1) is 6.58 Å². The van der Waals surface area contributed by atoms with Crippen LogP contribution in [0, 0.1) is 0 Å². The van der Waals surface area contributed by atoms with Gasteiger partial charge in [-0.05, 0) is 0 Å². The van der Waals surface area contributed by atoms with E-state index in [4.69, 9.17) is 9.84 Å². The molecule has 5 atom stereocenters. The molecule has 0 saturated carbocycles. The molecule has 1 saturated heterocycles. The number of rotatable bonds is 6. The summed E-state index contributed by atoms with van der Waals surface area (Å²) in [5.74, 6) is 0. The van der Waals surface area contributed by atoms with Crippen molar-refractivity contribution in [2.45, 2.75) is 36.3 Å². The number of nitrogens with zero attached hydrogens (tertiary/aromatic N) is 1. The Morgan fingerprint density at radius 3 is 2.43 bits per heavy atom. The van der Waals surface area contributed by atoms with Crippen molar-refractivity contribution in [1.29, 1.82) is 0 Å². The molecule has 0 aromatic heterocycles. The summed E-state index contributed by atoms with van der Waals surface area (Å²) in [5.41, 5.74) is -1.17. The van der Waals surface area contributed by atoms with Crippen LogP contribution in [0.2, 0.25) is 0 Å². The minimum atomic E-state index is -5.04. The molecule has 0 bridgehead atoms. The number of hydrogen-bond donors (Lipinski definition) is 4. The monoisotopic (exact) mass is 397 g/mol. The minimum absolute atomic E-state index is 0. The zero-order chi connectivity index (χ0) is 16.9. The second kappa shape index (κ2) is 10.8. The molecule has 0 aliphatic carbocycles. The quantitative estimate of drug-likeness (QED) is 0.0647. The SMILES string of the molecule is C=CC/C(=N/OS(=O)(=O)[O-])S[C@@H]1OC(CO)[C@H](O)[C@H](O)C1O.[K+]. The van der Waals surface area contributed by atoms with Crippen LogP contribution in [0.3, 0.4) is 0 Å². The first-order chi connectivity index (χ1) is 10.2. The Bertz CT molecular complexity index is 512. The predicted molar refractivity (Wildman–Crippen MR) is 74.4 cm³/mol. The van der Waals surface area contributed by atoms with Crippen molar-refractivity contribution in [2.75, 3.05) is 6.61 Å². The molecule has 10 nitrogen and oxygen atoms in total. The molecule has 1 heterocycles. The number of oxime groups is 1. The topological polar surface area (TPSA) is 169 Å². The van der Waals surface area contributed by atoms with E-state index in [1.54, 1.807) is 0 Å². The summed E-state index contributed by atoms with van der Waals surface area (Å²) in [6, 6.07) is 0. The maximum absolute atomic E-state index is 10.4. The normalized spacial score (nSPS) is 32.0. The van der Waals surface area contributed by atoms with Crippen LogP contribution in [-0.2, 0) is 19.4 Å². The molecule has 0 aromatic carbocycles. The molecular weight excluding hydrogens is 381 g/mol. The average Bonchev–Trinajstić information content (AvgIpc) is 2.44. The molecule has 0 amide bonds. The summed E-state index contributed by atoms with van der Waals surface area (Å²) >= 11 is 0.660. The van der Waals surface area contributed by atoms with Crippen LogP contribution < -0.4 is 51.4 Å². The first kappa shape index (κ1) is 23.9. The van der Waals surface area contributed by atoms with Gasteiger partial charge in [0, 0.05) is 6.42 Å². The summed E-state index contributed by atoms with van der Waals surface area (Å²) in [7, 11) is -5.04. The second-order valence-corrected chi connectivity index (χ2v) is 6.41. The van der Waals surface area contributed by atoms with E-state index in [1.165, 1.54) is 6.08 Å². The zero-order valence-corrected chi connectivity index (χ0v) is 16.9. The van der Waals surface area contributed by atoms with Crippen LogP contribution in [0.15, 0.2) is 17.8 Å². The molecule has 0 aromatic rings. The summed E-state index contributed by atoms with van der Waals surface area (Å²) in [6.07, 6.45) is -4.44. The van der Waals surface area contributed by atoms with Crippen molar-refractivity contribution < 1.29 is 93.8 Å². The van der Waals surface area contributed by atoms with Gasteiger partial charge in [-0.2, -0.15) is 8.42 Å². The third kappa shape index (κ3) is 7.77. The molecule has 4 N–H and O–H groups in total. The van der Waals surface area contributed by atoms with Gasteiger partial charge in [-0.3, -0.25) is 4.28 Å². The van der Waals surface area contributed by atoms with Crippen molar-refractivity contribution in [1.82, 2.24) is 0 Å². The molecule has 2 unspecified atom stereocenters. The van der Waals surface area contributed by atoms with Crippen LogP contribution in [0.1, 0.15) is 6.42 Å². The Kier molecular flexibility index (Phi) is 11.2. The van der Waals surface area contributed by atoms with Gasteiger partial charge >= 0.3 is 51.4 Å². The number of aliphatic hydroxyl groups is 4. The number of ether oxygens (including phenoxy) is 1. The average molecular weight is 397 g/mol. The van der Waals surface area contributed by atoms with Crippen molar-refractivity contribution in [3.63, 3.8) is 0 Å². The molecule has 0 radical (unpaired) electrons. The van der Waals surface area contributed by atoms with Crippen molar-refractivity contribution in [2.24, 2.45) is 5.16 Å². The zero-order valence-electron chi connectivity index (χ0n) is 12.2. The van der Waals surface area contributed by atoms with E-state index in [2.05, 4.69) is 16.0 Å². The van der Waals surface area contributed by atoms with Gasteiger partial charge in [-0.25, -0.2) is 0 Å². The van der Waals surface area contributed by atoms with E-state index in [-0.39, 0.29) is 62.8 Å². The summed E-state index contributed by atoms with van der Waals surface area (Å²) in [5, 5.41) is 41.2. The van der Waals surface area contributed by atoms with Gasteiger partial charge in [0.1, 0.15) is 34.9 Å². The molecule has 1 fully saturated rings. The van der Waals surface area contributed by atoms with Crippen molar-refractivity contribution in [3.05, 3.63) is 12.7 Å². The van der Waals surface area contributed by atoms with Crippen LogP contribution in [0.4, 0.5) is 0 Å². The van der Waals surface area contributed by atoms with E-state index in [9.17, 15) is 28.3 Å². The fourth-order valence-electron chi connectivity index (χ4n) is 1.62. The van der Waals surface area contributed by atoms with Gasteiger partial charge in [-0.1, -0.05) is 23.0 Å². The van der Waals surface area contributed by atoms with Gasteiger partial charge < -0.3 is 29.7 Å². The predicted octanol–water partition coefficient (Wildman–Crippen LogP) is -5.11. The summed E-state index contributed by atoms with van der Waals surface area (Å²) < 4.78 is 40.1. The Labute approximate surface area is 179 Å². The number of aliphatic hydroxyl groups excluding tert-OH is 4. The Morgan fingerprint density at radius 2 is 1.96 bits per heavy atom. The minimum Gasteiger partial charge on any atom is -0.714 e.